The molecule has 1 aliphatic heterocycles. The molecule has 10 nitrogen and oxygen atoms in total. The van der Waals surface area contributed by atoms with E-state index in [-0.39, 0.29) is 25.3 Å². The second-order valence-electron chi connectivity index (χ2n) is 6.68. The lowest BCUT2D eigenvalue weighted by atomic mass is 9.93. The lowest BCUT2D eigenvalue weighted by Crippen LogP contribution is -2.60. The number of ether oxygens (including phenoxy) is 1. The van der Waals surface area contributed by atoms with E-state index in [1.165, 1.54) is 0 Å². The van der Waals surface area contributed by atoms with Gasteiger partial charge in [0.05, 0.1) is 6.04 Å². The number of rotatable bonds is 11. The molecule has 0 aromatic heterocycles. The van der Waals surface area contributed by atoms with E-state index in [4.69, 9.17) is 9.84 Å². The zero-order chi connectivity index (χ0) is 21.3. The van der Waals surface area contributed by atoms with Crippen LogP contribution in [0.4, 0.5) is 0 Å². The molecule has 6 N–H and O–H groups in total. The molecule has 0 aromatic carbocycles. The molecule has 1 aliphatic rings. The third kappa shape index (κ3) is 7.10. The molecule has 0 bridgehead atoms. The molecule has 0 unspecified atom stereocenters. The van der Waals surface area contributed by atoms with Gasteiger partial charge in [0, 0.05) is 19.4 Å². The fraction of sp³-hybridized carbons (Fsp3) is 0.722. The summed E-state index contributed by atoms with van der Waals surface area (Å²) in [6, 6.07) is -1.17. The van der Waals surface area contributed by atoms with Gasteiger partial charge in [-0.25, -0.2) is 4.79 Å². The maximum absolute atomic E-state index is 11.7. The van der Waals surface area contributed by atoms with Crippen molar-refractivity contribution in [3.63, 3.8) is 0 Å². The van der Waals surface area contributed by atoms with Crippen molar-refractivity contribution in [2.45, 2.75) is 76.4 Å². The maximum Gasteiger partial charge on any atom is 0.370 e. The third-order valence-electron chi connectivity index (χ3n) is 4.41. The number of aliphatic carboxylic acids is 1. The predicted molar refractivity (Wildman–Crippen MR) is 98.0 cm³/mol. The Morgan fingerprint density at radius 3 is 2.43 bits per heavy atom. The fourth-order valence-corrected chi connectivity index (χ4v) is 2.75. The van der Waals surface area contributed by atoms with Gasteiger partial charge in [0.2, 0.25) is 17.6 Å². The van der Waals surface area contributed by atoms with Gasteiger partial charge in [-0.3, -0.25) is 9.59 Å². The molecule has 10 heteroatoms. The number of nitrogens with one attached hydrogen (secondary N) is 2. The Labute approximate surface area is 163 Å². The van der Waals surface area contributed by atoms with E-state index in [2.05, 4.69) is 10.6 Å². The first-order chi connectivity index (χ1) is 13.2. The van der Waals surface area contributed by atoms with Crippen LogP contribution in [0.25, 0.3) is 0 Å². The quantitative estimate of drug-likeness (QED) is 0.240. The molecule has 1 rings (SSSR count). The molecule has 0 saturated carbocycles. The first-order valence-corrected chi connectivity index (χ1v) is 9.43. The van der Waals surface area contributed by atoms with Crippen LogP contribution in [-0.4, -0.2) is 75.2 Å². The topological polar surface area (TPSA) is 165 Å². The van der Waals surface area contributed by atoms with Gasteiger partial charge < -0.3 is 35.8 Å². The lowest BCUT2D eigenvalue weighted by Gasteiger charge is -2.38. The smallest absolute Gasteiger partial charge is 0.370 e. The minimum atomic E-state index is -1.67. The van der Waals surface area contributed by atoms with E-state index >= 15 is 0 Å². The van der Waals surface area contributed by atoms with Crippen LogP contribution in [0, 0.1) is 0 Å². The molecule has 28 heavy (non-hydrogen) atoms. The van der Waals surface area contributed by atoms with Crippen molar-refractivity contribution >= 4 is 17.8 Å². The Kier molecular flexibility index (Phi) is 9.91. The number of aliphatic hydroxyl groups excluding tert-OH is 3. The van der Waals surface area contributed by atoms with Gasteiger partial charge in [0.25, 0.3) is 0 Å². The summed E-state index contributed by atoms with van der Waals surface area (Å²) in [6.07, 6.45) is -2.17. The van der Waals surface area contributed by atoms with Crippen LogP contribution in [-0.2, 0) is 19.1 Å². The number of carbonyl (C=O) groups is 3. The first kappa shape index (κ1) is 23.9. The Morgan fingerprint density at radius 1 is 1.18 bits per heavy atom. The van der Waals surface area contributed by atoms with Crippen molar-refractivity contribution in [3.05, 3.63) is 11.8 Å². The van der Waals surface area contributed by atoms with Crippen molar-refractivity contribution in [1.82, 2.24) is 10.6 Å². The number of carboxylic acid groups (broad SMARTS) is 1. The third-order valence-corrected chi connectivity index (χ3v) is 4.41. The van der Waals surface area contributed by atoms with Crippen LogP contribution >= 0.6 is 0 Å². The molecule has 0 spiro atoms. The molecule has 160 valence electrons. The average molecular weight is 402 g/mol. The molecule has 5 atom stereocenters. The average Bonchev–Trinajstić information content (AvgIpc) is 2.66. The van der Waals surface area contributed by atoms with E-state index < -0.39 is 48.1 Å². The number of carboxylic acids is 1. The summed E-state index contributed by atoms with van der Waals surface area (Å²) in [5.41, 5.74) is 0. The van der Waals surface area contributed by atoms with E-state index in [9.17, 15) is 29.7 Å². The number of carbonyl (C=O) groups excluding carboxylic acids is 2. The van der Waals surface area contributed by atoms with Gasteiger partial charge in [-0.1, -0.05) is 26.7 Å². The van der Waals surface area contributed by atoms with Gasteiger partial charge >= 0.3 is 5.97 Å². The van der Waals surface area contributed by atoms with Crippen molar-refractivity contribution in [2.75, 3.05) is 6.54 Å². The van der Waals surface area contributed by atoms with Gasteiger partial charge in [0.1, 0.15) is 18.3 Å². The van der Waals surface area contributed by atoms with E-state index in [0.717, 1.165) is 18.9 Å². The van der Waals surface area contributed by atoms with Crippen LogP contribution in [0.5, 0.6) is 0 Å². The summed E-state index contributed by atoms with van der Waals surface area (Å²) in [7, 11) is 0. The van der Waals surface area contributed by atoms with Gasteiger partial charge in [-0.2, -0.15) is 0 Å². The maximum atomic E-state index is 11.7. The van der Waals surface area contributed by atoms with E-state index in [1.807, 2.05) is 6.92 Å². The Balaban J connectivity index is 2.79. The second kappa shape index (κ2) is 11.6. The predicted octanol–water partition coefficient (Wildman–Crippen LogP) is -0.972. The highest BCUT2D eigenvalue weighted by Gasteiger charge is 2.43. The van der Waals surface area contributed by atoms with Crippen LogP contribution < -0.4 is 10.6 Å². The largest absolute Gasteiger partial charge is 0.478 e. The highest BCUT2D eigenvalue weighted by molar-refractivity contribution is 5.84. The van der Waals surface area contributed by atoms with E-state index in [0.29, 0.717) is 6.42 Å². The van der Waals surface area contributed by atoms with Crippen molar-refractivity contribution in [3.8, 4) is 0 Å². The number of amides is 2. The van der Waals surface area contributed by atoms with Crippen molar-refractivity contribution in [2.24, 2.45) is 0 Å². The summed E-state index contributed by atoms with van der Waals surface area (Å²) >= 11 is 0. The number of hydrogen-bond donors (Lipinski definition) is 6. The molecule has 0 saturated heterocycles. The molecule has 1 heterocycles. The minimum Gasteiger partial charge on any atom is -0.478 e. The van der Waals surface area contributed by atoms with Gasteiger partial charge in [-0.15, -0.1) is 0 Å². The molecular weight excluding hydrogens is 372 g/mol. The number of unbranched alkanes of at least 4 members (excludes halogenated alkanes) is 2. The summed E-state index contributed by atoms with van der Waals surface area (Å²) in [4.78, 5) is 34.6. The highest BCUT2D eigenvalue weighted by Crippen LogP contribution is 2.23. The lowest BCUT2D eigenvalue weighted by molar-refractivity contribution is -0.148. The highest BCUT2D eigenvalue weighted by atomic mass is 16.5. The molecule has 0 fully saturated rings. The number of hydrogen-bond acceptors (Lipinski definition) is 7. The van der Waals surface area contributed by atoms with Crippen LogP contribution in [0.2, 0.25) is 0 Å². The van der Waals surface area contributed by atoms with Gasteiger partial charge in [-0.05, 0) is 12.5 Å². The molecule has 0 aliphatic carbocycles. The monoisotopic (exact) mass is 402 g/mol. The van der Waals surface area contributed by atoms with Gasteiger partial charge in [0.15, 0.2) is 6.10 Å². The zero-order valence-electron chi connectivity index (χ0n) is 16.1. The van der Waals surface area contributed by atoms with E-state index in [1.54, 1.807) is 6.92 Å². The van der Waals surface area contributed by atoms with Crippen LogP contribution in [0.1, 0.15) is 46.0 Å². The second-order valence-corrected chi connectivity index (χ2v) is 6.68. The summed E-state index contributed by atoms with van der Waals surface area (Å²) < 4.78 is 5.21. The Hall–Kier alpha value is -2.17. The summed E-state index contributed by atoms with van der Waals surface area (Å²) in [5, 5.41) is 44.8. The first-order valence-electron chi connectivity index (χ1n) is 9.43. The number of aliphatic hydroxyl groups is 3. The molecular formula is C18H30N2O8. The normalized spacial score (nSPS) is 23.8. The van der Waals surface area contributed by atoms with Crippen LogP contribution in [0.15, 0.2) is 11.8 Å². The molecule has 0 radical (unpaired) electrons. The molecule has 2 amide bonds. The van der Waals surface area contributed by atoms with Crippen LogP contribution in [0.3, 0.4) is 0 Å². The summed E-state index contributed by atoms with van der Waals surface area (Å²) in [5.74, 6) is -2.80. The standard InChI is InChI=1S/C18H30N2O8/c1-3-5-6-7-14(24)19-9-11(22)16(25)17-15(20-13(23)4-2)10(21)8-12(28-17)18(26)27/h8,10-11,15-17,21-22,25H,3-7,9H2,1-2H3,(H,19,24)(H,20,23)(H,26,27)/t10-,11+,15+,16+,17+/m0/s1. The SMILES string of the molecule is CCCCCC(=O)NC[C@@H](O)[C@@H](O)[C@@H]1OC(C(=O)O)=C[C@H](O)[C@H]1NC(=O)CC. The Morgan fingerprint density at radius 2 is 1.86 bits per heavy atom. The Bertz CT molecular complexity index is 580. The molecule has 0 aromatic rings. The fourth-order valence-electron chi connectivity index (χ4n) is 2.75. The zero-order valence-corrected chi connectivity index (χ0v) is 16.1. The minimum absolute atomic E-state index is 0.0951. The van der Waals surface area contributed by atoms with Crippen molar-refractivity contribution < 1.29 is 39.5 Å². The van der Waals surface area contributed by atoms with Crippen molar-refractivity contribution in [1.29, 1.82) is 0 Å². The summed E-state index contributed by atoms with van der Waals surface area (Å²) in [6.45, 7) is 3.30.